The van der Waals surface area contributed by atoms with Crippen LogP contribution < -0.4 is 10.00 Å². The van der Waals surface area contributed by atoms with Crippen LogP contribution in [0.3, 0.4) is 0 Å². The fourth-order valence-corrected chi connectivity index (χ4v) is 2.47. The molecule has 27 heavy (non-hydrogen) atoms. The van der Waals surface area contributed by atoms with Crippen LogP contribution in [0.2, 0.25) is 0 Å². The Morgan fingerprint density at radius 3 is 1.89 bits per heavy atom. The molecule has 0 aromatic carbocycles. The molecular weight excluding hydrogens is 379 g/mol. The van der Waals surface area contributed by atoms with Gasteiger partial charge >= 0.3 is 0 Å². The average molecular weight is 414 g/mol. The molecule has 162 valence electrons. The van der Waals surface area contributed by atoms with Crippen LogP contribution in [-0.2, 0) is 18.7 Å². The average Bonchev–Trinajstić information content (AvgIpc) is 2.32. The van der Waals surface area contributed by atoms with Gasteiger partial charge in [0.1, 0.15) is 19.7 Å². The van der Waals surface area contributed by atoms with Gasteiger partial charge in [0.05, 0.1) is 42.3 Å². The molecule has 0 saturated heterocycles. The lowest BCUT2D eigenvalue weighted by atomic mass is 9.90. The first kappa shape index (κ1) is 28.3. The van der Waals surface area contributed by atoms with E-state index >= 15 is 0 Å². The summed E-state index contributed by atoms with van der Waals surface area (Å²) in [7, 11) is 6.56. The Labute approximate surface area is 161 Å². The molecule has 2 N–H and O–H groups in total. The fraction of sp³-hybridized carbons (Fsp3) is 0.875. The Hall–Kier alpha value is -0.870. The molecule has 0 radical (unpaired) electrons. The third kappa shape index (κ3) is 18.3. The topological polar surface area (TPSA) is 147 Å². The Morgan fingerprint density at radius 1 is 1.11 bits per heavy atom. The minimum atomic E-state index is -4.51. The number of carbonyl (C=O) groups is 2. The summed E-state index contributed by atoms with van der Waals surface area (Å²) in [6.07, 6.45) is 0.135. The van der Waals surface area contributed by atoms with Crippen molar-refractivity contribution in [2.45, 2.75) is 31.8 Å². The van der Waals surface area contributed by atoms with E-state index in [1.165, 1.54) is 0 Å². The van der Waals surface area contributed by atoms with Crippen LogP contribution in [0.5, 0.6) is 0 Å². The molecule has 0 aromatic heterocycles. The molecule has 0 fully saturated rings. The van der Waals surface area contributed by atoms with Crippen LogP contribution in [0.25, 0.3) is 0 Å². The normalized spacial score (nSPS) is 16.5. The summed E-state index contributed by atoms with van der Waals surface area (Å²) in [5.74, 6) is -1.83. The van der Waals surface area contributed by atoms with E-state index < -0.39 is 31.6 Å². The summed E-state index contributed by atoms with van der Waals surface area (Å²) < 4.78 is 15.1. The van der Waals surface area contributed by atoms with Crippen molar-refractivity contribution in [1.82, 2.24) is 0 Å². The zero-order valence-electron chi connectivity index (χ0n) is 17.4. The number of rotatable bonds is 11. The number of nitrogens with zero attached hydrogens (tertiary/aromatic N) is 2. The van der Waals surface area contributed by atoms with Gasteiger partial charge in [-0.15, -0.1) is 0 Å². The molecule has 10 nitrogen and oxygen atoms in total. The quantitative estimate of drug-likeness (QED) is 0.294. The molecule has 0 heterocycles. The van der Waals surface area contributed by atoms with Gasteiger partial charge in [0.25, 0.3) is 7.82 Å². The first-order valence-corrected chi connectivity index (χ1v) is 10.1. The molecular formula is C16H35N2O8P. The van der Waals surface area contributed by atoms with E-state index in [4.69, 9.17) is 4.89 Å². The number of aliphatic hydroxyl groups is 1. The molecule has 0 aromatic rings. The Morgan fingerprint density at radius 2 is 1.59 bits per heavy atom. The van der Waals surface area contributed by atoms with Crippen molar-refractivity contribution in [3.63, 3.8) is 0 Å². The summed E-state index contributed by atoms with van der Waals surface area (Å²) in [4.78, 5) is 40.6. The fourth-order valence-electron chi connectivity index (χ4n) is 2.16. The lowest BCUT2D eigenvalue weighted by molar-refractivity contribution is -0.875. The second kappa shape index (κ2) is 11.2. The summed E-state index contributed by atoms with van der Waals surface area (Å²) in [6.45, 7) is 2.43. The van der Waals surface area contributed by atoms with E-state index in [2.05, 4.69) is 4.52 Å². The minimum Gasteiger partial charge on any atom is -0.756 e. The number of Topliss-reactive ketones (excluding diaryl/α,β-unsaturated/α-hetero) is 1. The zero-order valence-corrected chi connectivity index (χ0v) is 18.3. The summed E-state index contributed by atoms with van der Waals surface area (Å²) in [5.41, 5.74) is -1.81. The maximum Gasteiger partial charge on any atom is 0.265 e. The third-order valence-corrected chi connectivity index (χ3v) is 3.69. The number of carbonyl (C=O) groups excluding carboxylic acids is 2. The number of hydrogen-bond donors (Lipinski definition) is 2. The number of ketones is 1. The van der Waals surface area contributed by atoms with Gasteiger partial charge in [-0.1, -0.05) is 6.92 Å². The van der Waals surface area contributed by atoms with Gasteiger partial charge in [-0.2, -0.15) is 0 Å². The predicted molar refractivity (Wildman–Crippen MR) is 96.1 cm³/mol. The number of phosphoric ester groups is 1. The van der Waals surface area contributed by atoms with E-state index in [1.54, 1.807) is 21.1 Å². The maximum absolute atomic E-state index is 11.7. The second-order valence-corrected chi connectivity index (χ2v) is 9.71. The van der Waals surface area contributed by atoms with Gasteiger partial charge in [0.2, 0.25) is 0 Å². The molecule has 11 heteroatoms. The van der Waals surface area contributed by atoms with E-state index in [0.717, 1.165) is 0 Å². The standard InChI is InChI=1S/C11H21NO4.C5H14NO4P/c1-5-6-9(13)11(16,7-10(14)15)8-12(2,3)4;1-6(2,3)4-5-10-11(7,8)9/h16H,5-8H2,1-4H3;4-5H2,1-3H3,(H-,7,8,9). The molecule has 0 spiro atoms. The largest absolute Gasteiger partial charge is 0.756 e. The SMILES string of the molecule is CCCC(=O)C(O)(CC(=O)[O-])C[N+](C)(C)C.C[N+](C)(C)CCOP(=O)([O-])O. The van der Waals surface area contributed by atoms with Crippen LogP contribution in [0.15, 0.2) is 0 Å². The van der Waals surface area contributed by atoms with Crippen molar-refractivity contribution in [2.75, 3.05) is 62.0 Å². The lowest BCUT2D eigenvalue weighted by Crippen LogP contribution is -2.56. The number of carboxylic acid groups (broad SMARTS) is 1. The van der Waals surface area contributed by atoms with E-state index in [0.29, 0.717) is 21.9 Å². The number of aliphatic carboxylic acids is 1. The van der Waals surface area contributed by atoms with Gasteiger partial charge in [-0.25, -0.2) is 0 Å². The molecule has 0 bridgehead atoms. The molecule has 0 saturated carbocycles. The molecule has 0 rings (SSSR count). The van der Waals surface area contributed by atoms with Crippen LogP contribution in [-0.4, -0.2) is 98.3 Å². The number of hydrogen-bond acceptors (Lipinski definition) is 7. The highest BCUT2D eigenvalue weighted by Gasteiger charge is 2.40. The molecule has 0 aliphatic carbocycles. The van der Waals surface area contributed by atoms with Gasteiger partial charge in [-0.05, 0) is 6.42 Å². The van der Waals surface area contributed by atoms with Crippen molar-refractivity contribution in [3.05, 3.63) is 0 Å². The number of carboxylic acids is 1. The summed E-state index contributed by atoms with van der Waals surface area (Å²) in [6, 6.07) is 0. The number of quaternary nitrogens is 2. The van der Waals surface area contributed by atoms with Crippen molar-refractivity contribution >= 4 is 19.6 Å². The van der Waals surface area contributed by atoms with E-state index in [9.17, 15) is 29.3 Å². The highest BCUT2D eigenvalue weighted by atomic mass is 31.2. The molecule has 0 aliphatic rings. The maximum atomic E-state index is 11.7. The van der Waals surface area contributed by atoms with Crippen LogP contribution in [0.4, 0.5) is 0 Å². The van der Waals surface area contributed by atoms with Gasteiger partial charge in [0.15, 0.2) is 11.4 Å². The monoisotopic (exact) mass is 414 g/mol. The Bertz CT molecular complexity index is 521. The summed E-state index contributed by atoms with van der Waals surface area (Å²) in [5, 5.41) is 20.7. The van der Waals surface area contributed by atoms with Gasteiger partial charge < -0.3 is 38.3 Å². The van der Waals surface area contributed by atoms with Crippen molar-refractivity contribution < 1.29 is 47.6 Å². The molecule has 2 unspecified atom stereocenters. The van der Waals surface area contributed by atoms with Crippen LogP contribution in [0, 0.1) is 0 Å². The zero-order chi connectivity index (χ0) is 22.1. The van der Waals surface area contributed by atoms with E-state index in [-0.39, 0.29) is 19.6 Å². The Balaban J connectivity index is 0. The highest BCUT2D eigenvalue weighted by molar-refractivity contribution is 7.44. The smallest absolute Gasteiger partial charge is 0.265 e. The van der Waals surface area contributed by atoms with E-state index in [1.807, 2.05) is 28.1 Å². The Kier molecular flexibility index (Phi) is 11.8. The van der Waals surface area contributed by atoms with Gasteiger partial charge in [-0.3, -0.25) is 9.36 Å². The lowest BCUT2D eigenvalue weighted by Gasteiger charge is -2.34. The van der Waals surface area contributed by atoms with Gasteiger partial charge in [0, 0.05) is 18.8 Å². The highest BCUT2D eigenvalue weighted by Crippen LogP contribution is 2.29. The summed E-state index contributed by atoms with van der Waals surface area (Å²) >= 11 is 0. The second-order valence-electron chi connectivity index (χ2n) is 8.52. The third-order valence-electron chi connectivity index (χ3n) is 3.19. The first-order chi connectivity index (χ1) is 11.8. The number of likely N-dealkylation sites (N-methyl/N-ethyl adjacent to an activating group) is 2. The molecule has 0 amide bonds. The predicted octanol–water partition coefficient (Wildman–Crippen LogP) is -1.90. The number of phosphoric acid groups is 1. The minimum absolute atomic E-state index is 0.0147. The van der Waals surface area contributed by atoms with Crippen molar-refractivity contribution in [3.8, 4) is 0 Å². The van der Waals surface area contributed by atoms with Crippen molar-refractivity contribution in [2.24, 2.45) is 0 Å². The van der Waals surface area contributed by atoms with Crippen molar-refractivity contribution in [1.29, 1.82) is 0 Å². The molecule has 0 aliphatic heterocycles. The molecule has 2 atom stereocenters. The van der Waals surface area contributed by atoms with Crippen LogP contribution in [0.1, 0.15) is 26.2 Å². The van der Waals surface area contributed by atoms with Crippen LogP contribution >= 0.6 is 7.82 Å². The first-order valence-electron chi connectivity index (χ1n) is 8.56.